The van der Waals surface area contributed by atoms with E-state index in [1.807, 2.05) is 41.8 Å². The summed E-state index contributed by atoms with van der Waals surface area (Å²) in [7, 11) is 0. The van der Waals surface area contributed by atoms with E-state index >= 15 is 0 Å². The van der Waals surface area contributed by atoms with E-state index in [9.17, 15) is 0 Å². The van der Waals surface area contributed by atoms with E-state index in [-0.39, 0.29) is 0 Å². The molecule has 4 aromatic rings. The third-order valence-electron chi connectivity index (χ3n) is 3.75. The van der Waals surface area contributed by atoms with Gasteiger partial charge in [-0.1, -0.05) is 30.3 Å². The molecule has 4 rings (SSSR count). The second-order valence-electron chi connectivity index (χ2n) is 5.45. The minimum absolute atomic E-state index is 0.345. The van der Waals surface area contributed by atoms with Crippen molar-refractivity contribution < 1.29 is 13.7 Å². The van der Waals surface area contributed by atoms with E-state index in [1.54, 1.807) is 11.3 Å². The van der Waals surface area contributed by atoms with Crippen LogP contribution in [0.3, 0.4) is 0 Å². The number of furan rings is 1. The predicted molar refractivity (Wildman–Crippen MR) is 95.5 cm³/mol. The van der Waals surface area contributed by atoms with Crippen LogP contribution in [-0.2, 0) is 13.0 Å². The summed E-state index contributed by atoms with van der Waals surface area (Å²) in [6, 6.07) is 15.6. The molecule has 3 aromatic heterocycles. The van der Waals surface area contributed by atoms with Gasteiger partial charge in [0.15, 0.2) is 5.76 Å². The summed E-state index contributed by atoms with van der Waals surface area (Å²) >= 11 is 1.56. The van der Waals surface area contributed by atoms with Gasteiger partial charge in [0.1, 0.15) is 18.1 Å². The first-order valence-corrected chi connectivity index (χ1v) is 8.88. The summed E-state index contributed by atoms with van der Waals surface area (Å²) in [6.45, 7) is 2.47. The molecular weight excluding hydrogens is 336 g/mol. The predicted octanol–water partition coefficient (Wildman–Crippen LogP) is 5.20. The average molecular weight is 352 g/mol. The molecule has 0 aliphatic carbocycles. The standard InChI is InChI=1S/C19H16N2O3S/c1-2-13-5-7-14(8-6-13)22-12-15-9-10-16(23-15)19-20-18(21-24-19)17-4-3-11-25-17/h3-11H,2,12H2,1H3. The van der Waals surface area contributed by atoms with Gasteiger partial charge >= 0.3 is 0 Å². The number of aryl methyl sites for hydroxylation is 1. The summed E-state index contributed by atoms with van der Waals surface area (Å²) in [5.41, 5.74) is 1.28. The molecule has 0 atom stereocenters. The Kier molecular flexibility index (Phi) is 4.35. The summed E-state index contributed by atoms with van der Waals surface area (Å²) in [6.07, 6.45) is 1.01. The van der Waals surface area contributed by atoms with Gasteiger partial charge in [-0.15, -0.1) is 11.3 Å². The maximum Gasteiger partial charge on any atom is 0.293 e. The average Bonchev–Trinajstić information content (AvgIpc) is 3.40. The number of ether oxygens (including phenoxy) is 1. The minimum atomic E-state index is 0.345. The molecule has 5 nitrogen and oxygen atoms in total. The van der Waals surface area contributed by atoms with Gasteiger partial charge in [0.2, 0.25) is 5.82 Å². The lowest BCUT2D eigenvalue weighted by Gasteiger charge is -2.04. The number of aromatic nitrogens is 2. The van der Waals surface area contributed by atoms with Crippen LogP contribution in [0.25, 0.3) is 22.4 Å². The van der Waals surface area contributed by atoms with Gasteiger partial charge in [-0.3, -0.25) is 0 Å². The highest BCUT2D eigenvalue weighted by molar-refractivity contribution is 7.13. The van der Waals surface area contributed by atoms with Gasteiger partial charge in [0, 0.05) is 0 Å². The van der Waals surface area contributed by atoms with Gasteiger partial charge in [-0.05, 0) is 47.7 Å². The van der Waals surface area contributed by atoms with Crippen LogP contribution in [-0.4, -0.2) is 10.1 Å². The summed E-state index contributed by atoms with van der Waals surface area (Å²) in [5.74, 6) is 2.98. The molecule has 0 aliphatic heterocycles. The Balaban J connectivity index is 1.43. The highest BCUT2D eigenvalue weighted by Gasteiger charge is 2.15. The lowest BCUT2D eigenvalue weighted by Crippen LogP contribution is -1.93. The monoisotopic (exact) mass is 352 g/mol. The normalized spacial score (nSPS) is 10.9. The molecule has 3 heterocycles. The van der Waals surface area contributed by atoms with Crippen molar-refractivity contribution in [2.24, 2.45) is 0 Å². The van der Waals surface area contributed by atoms with Crippen molar-refractivity contribution in [3.05, 3.63) is 65.2 Å². The van der Waals surface area contributed by atoms with Crippen molar-refractivity contribution in [1.82, 2.24) is 10.1 Å². The van der Waals surface area contributed by atoms with Gasteiger partial charge in [0.05, 0.1) is 4.88 Å². The first-order valence-electron chi connectivity index (χ1n) is 8.00. The first-order chi connectivity index (χ1) is 12.3. The molecule has 0 saturated heterocycles. The molecule has 0 radical (unpaired) electrons. The molecule has 0 N–H and O–H groups in total. The highest BCUT2D eigenvalue weighted by Crippen LogP contribution is 2.26. The molecule has 6 heteroatoms. The smallest absolute Gasteiger partial charge is 0.293 e. The van der Waals surface area contributed by atoms with Crippen molar-refractivity contribution in [1.29, 1.82) is 0 Å². The third-order valence-corrected chi connectivity index (χ3v) is 4.62. The van der Waals surface area contributed by atoms with Crippen LogP contribution in [0.15, 0.2) is 62.9 Å². The fourth-order valence-corrected chi connectivity index (χ4v) is 3.02. The Bertz CT molecular complexity index is 939. The summed E-state index contributed by atoms with van der Waals surface area (Å²) in [5, 5.41) is 5.96. The van der Waals surface area contributed by atoms with Crippen molar-refractivity contribution in [2.75, 3.05) is 0 Å². The summed E-state index contributed by atoms with van der Waals surface area (Å²) in [4.78, 5) is 5.33. The quantitative estimate of drug-likeness (QED) is 0.477. The second kappa shape index (κ2) is 6.94. The van der Waals surface area contributed by atoms with Crippen LogP contribution >= 0.6 is 11.3 Å². The molecule has 25 heavy (non-hydrogen) atoms. The van der Waals surface area contributed by atoms with E-state index in [0.29, 0.717) is 29.8 Å². The van der Waals surface area contributed by atoms with Crippen LogP contribution in [0.1, 0.15) is 18.2 Å². The third kappa shape index (κ3) is 3.49. The molecular formula is C19H16N2O3S. The Hall–Kier alpha value is -2.86. The van der Waals surface area contributed by atoms with Gasteiger partial charge < -0.3 is 13.7 Å². The molecule has 0 aliphatic rings. The highest BCUT2D eigenvalue weighted by atomic mass is 32.1. The fraction of sp³-hybridized carbons (Fsp3) is 0.158. The van der Waals surface area contributed by atoms with E-state index in [4.69, 9.17) is 13.7 Å². The number of nitrogens with zero attached hydrogens (tertiary/aromatic N) is 2. The maximum absolute atomic E-state index is 5.75. The van der Waals surface area contributed by atoms with Crippen LogP contribution in [0.4, 0.5) is 0 Å². The molecule has 0 bridgehead atoms. The molecule has 0 fully saturated rings. The zero-order chi connectivity index (χ0) is 17.1. The van der Waals surface area contributed by atoms with Crippen molar-refractivity contribution >= 4 is 11.3 Å². The molecule has 0 amide bonds. The van der Waals surface area contributed by atoms with Crippen LogP contribution in [0, 0.1) is 0 Å². The number of hydrogen-bond acceptors (Lipinski definition) is 6. The van der Waals surface area contributed by atoms with Crippen LogP contribution in [0.2, 0.25) is 0 Å². The first kappa shape index (κ1) is 15.7. The van der Waals surface area contributed by atoms with Crippen molar-refractivity contribution in [3.8, 4) is 28.1 Å². The second-order valence-corrected chi connectivity index (χ2v) is 6.40. The van der Waals surface area contributed by atoms with Gasteiger partial charge in [-0.2, -0.15) is 4.98 Å². The molecule has 126 valence electrons. The number of hydrogen-bond donors (Lipinski definition) is 0. The molecule has 1 aromatic carbocycles. The Morgan fingerprint density at radius 2 is 1.96 bits per heavy atom. The number of thiophene rings is 1. The van der Waals surface area contributed by atoms with Crippen molar-refractivity contribution in [2.45, 2.75) is 20.0 Å². The lowest BCUT2D eigenvalue weighted by molar-refractivity contribution is 0.270. The van der Waals surface area contributed by atoms with Crippen molar-refractivity contribution in [3.63, 3.8) is 0 Å². The number of benzene rings is 1. The zero-order valence-electron chi connectivity index (χ0n) is 13.6. The van der Waals surface area contributed by atoms with E-state index < -0.39 is 0 Å². The van der Waals surface area contributed by atoms with E-state index in [2.05, 4.69) is 29.2 Å². The SMILES string of the molecule is CCc1ccc(OCc2ccc(-c3nc(-c4cccs4)no3)o2)cc1. The molecule has 0 unspecified atom stereocenters. The Morgan fingerprint density at radius 3 is 2.72 bits per heavy atom. The largest absolute Gasteiger partial charge is 0.486 e. The van der Waals surface area contributed by atoms with E-state index in [0.717, 1.165) is 17.0 Å². The van der Waals surface area contributed by atoms with Crippen LogP contribution < -0.4 is 4.74 Å². The molecule has 0 saturated carbocycles. The maximum atomic E-state index is 5.75. The zero-order valence-corrected chi connectivity index (χ0v) is 14.5. The Morgan fingerprint density at radius 1 is 1.08 bits per heavy atom. The fourth-order valence-electron chi connectivity index (χ4n) is 2.38. The lowest BCUT2D eigenvalue weighted by atomic mass is 10.2. The van der Waals surface area contributed by atoms with Gasteiger partial charge in [-0.25, -0.2) is 0 Å². The van der Waals surface area contributed by atoms with E-state index in [1.165, 1.54) is 5.56 Å². The topological polar surface area (TPSA) is 61.3 Å². The number of rotatable bonds is 6. The minimum Gasteiger partial charge on any atom is -0.486 e. The Labute approximate surface area is 148 Å². The van der Waals surface area contributed by atoms with Gasteiger partial charge in [0.25, 0.3) is 5.89 Å². The molecule has 0 spiro atoms. The van der Waals surface area contributed by atoms with Crippen LogP contribution in [0.5, 0.6) is 5.75 Å². The summed E-state index contributed by atoms with van der Waals surface area (Å²) < 4.78 is 16.8.